The SMILES string of the molecule is CCCCCNCc1ccccc1OCc1ccccc1F. The molecule has 0 aliphatic rings. The number of halogens is 1. The Kier molecular flexibility index (Phi) is 6.91. The first-order valence-corrected chi connectivity index (χ1v) is 7.96. The summed E-state index contributed by atoms with van der Waals surface area (Å²) in [6, 6.07) is 14.6. The number of nitrogens with one attached hydrogen (secondary N) is 1. The van der Waals surface area contributed by atoms with Crippen LogP contribution in [-0.2, 0) is 13.2 Å². The number of hydrogen-bond acceptors (Lipinski definition) is 2. The van der Waals surface area contributed by atoms with Crippen LogP contribution < -0.4 is 10.1 Å². The highest BCUT2D eigenvalue weighted by Crippen LogP contribution is 2.20. The molecule has 0 saturated heterocycles. The molecule has 0 atom stereocenters. The Balaban J connectivity index is 1.89. The minimum atomic E-state index is -0.224. The van der Waals surface area contributed by atoms with Crippen LogP contribution in [0.2, 0.25) is 0 Å². The van der Waals surface area contributed by atoms with Crippen LogP contribution in [0.5, 0.6) is 5.75 Å². The standard InChI is InChI=1S/C19H24FNO/c1-2-3-8-13-21-14-16-9-5-7-12-19(16)22-15-17-10-4-6-11-18(17)20/h4-7,9-12,21H,2-3,8,13-15H2,1H3. The molecule has 0 aliphatic heterocycles. The quantitative estimate of drug-likeness (QED) is 0.679. The smallest absolute Gasteiger partial charge is 0.129 e. The summed E-state index contributed by atoms with van der Waals surface area (Å²) in [5.41, 5.74) is 1.68. The Bertz CT molecular complexity index is 571. The first kappa shape index (κ1) is 16.5. The monoisotopic (exact) mass is 301 g/mol. The maximum Gasteiger partial charge on any atom is 0.129 e. The van der Waals surface area contributed by atoms with Crippen molar-refractivity contribution < 1.29 is 9.13 Å². The number of ether oxygens (including phenoxy) is 1. The summed E-state index contributed by atoms with van der Waals surface area (Å²) in [6.45, 7) is 4.23. The zero-order chi connectivity index (χ0) is 15.6. The summed E-state index contributed by atoms with van der Waals surface area (Å²) in [5, 5.41) is 3.43. The van der Waals surface area contributed by atoms with Crippen molar-refractivity contribution in [2.45, 2.75) is 39.3 Å². The molecule has 0 fully saturated rings. The van der Waals surface area contributed by atoms with Crippen molar-refractivity contribution in [1.29, 1.82) is 0 Å². The average Bonchev–Trinajstić information content (AvgIpc) is 2.55. The lowest BCUT2D eigenvalue weighted by Gasteiger charge is -2.12. The van der Waals surface area contributed by atoms with Gasteiger partial charge in [-0.25, -0.2) is 4.39 Å². The zero-order valence-corrected chi connectivity index (χ0v) is 13.1. The fraction of sp³-hybridized carbons (Fsp3) is 0.368. The number of benzene rings is 2. The topological polar surface area (TPSA) is 21.3 Å². The van der Waals surface area contributed by atoms with E-state index >= 15 is 0 Å². The number of para-hydroxylation sites is 1. The van der Waals surface area contributed by atoms with Crippen LogP contribution in [0.3, 0.4) is 0 Å². The fourth-order valence-corrected chi connectivity index (χ4v) is 2.28. The molecule has 0 amide bonds. The van der Waals surface area contributed by atoms with Crippen molar-refractivity contribution in [3.8, 4) is 5.75 Å². The van der Waals surface area contributed by atoms with Crippen molar-refractivity contribution in [2.24, 2.45) is 0 Å². The Morgan fingerprint density at radius 1 is 0.955 bits per heavy atom. The zero-order valence-electron chi connectivity index (χ0n) is 13.1. The van der Waals surface area contributed by atoms with Crippen LogP contribution in [0.4, 0.5) is 4.39 Å². The second-order valence-electron chi connectivity index (χ2n) is 5.37. The predicted molar refractivity (Wildman–Crippen MR) is 88.4 cm³/mol. The van der Waals surface area contributed by atoms with Crippen molar-refractivity contribution in [3.05, 3.63) is 65.5 Å². The molecule has 0 aromatic heterocycles. The van der Waals surface area contributed by atoms with Crippen LogP contribution >= 0.6 is 0 Å². The van der Waals surface area contributed by atoms with E-state index in [1.807, 2.05) is 30.3 Å². The summed E-state index contributed by atoms with van der Waals surface area (Å²) < 4.78 is 19.4. The van der Waals surface area contributed by atoms with Crippen molar-refractivity contribution >= 4 is 0 Å². The first-order valence-electron chi connectivity index (χ1n) is 7.96. The first-order chi connectivity index (χ1) is 10.8. The largest absolute Gasteiger partial charge is 0.488 e. The van der Waals surface area contributed by atoms with E-state index in [-0.39, 0.29) is 12.4 Å². The number of rotatable bonds is 9. The van der Waals surface area contributed by atoms with Crippen LogP contribution in [0.1, 0.15) is 37.3 Å². The van der Waals surface area contributed by atoms with Gasteiger partial charge in [0.2, 0.25) is 0 Å². The molecule has 2 nitrogen and oxygen atoms in total. The normalized spacial score (nSPS) is 10.6. The lowest BCUT2D eigenvalue weighted by Crippen LogP contribution is -2.15. The molecular weight excluding hydrogens is 277 g/mol. The molecule has 2 aromatic carbocycles. The minimum Gasteiger partial charge on any atom is -0.488 e. The fourth-order valence-electron chi connectivity index (χ4n) is 2.28. The van der Waals surface area contributed by atoms with E-state index in [1.54, 1.807) is 12.1 Å². The summed E-state index contributed by atoms with van der Waals surface area (Å²) >= 11 is 0. The molecular formula is C19H24FNO. The van der Waals surface area contributed by atoms with E-state index in [1.165, 1.54) is 25.3 Å². The maximum absolute atomic E-state index is 13.6. The highest BCUT2D eigenvalue weighted by Gasteiger charge is 2.05. The molecule has 2 rings (SSSR count). The summed E-state index contributed by atoms with van der Waals surface area (Å²) in [6.07, 6.45) is 3.66. The van der Waals surface area contributed by atoms with Gasteiger partial charge in [-0.3, -0.25) is 0 Å². The van der Waals surface area contributed by atoms with Gasteiger partial charge in [0.25, 0.3) is 0 Å². The van der Waals surface area contributed by atoms with Crippen LogP contribution in [0, 0.1) is 5.82 Å². The lowest BCUT2D eigenvalue weighted by molar-refractivity contribution is 0.296. The van der Waals surface area contributed by atoms with Gasteiger partial charge in [-0.05, 0) is 25.1 Å². The highest BCUT2D eigenvalue weighted by molar-refractivity contribution is 5.33. The summed E-state index contributed by atoms with van der Waals surface area (Å²) in [5.74, 6) is 0.589. The molecule has 0 heterocycles. The number of hydrogen-bond donors (Lipinski definition) is 1. The van der Waals surface area contributed by atoms with Gasteiger partial charge in [0.1, 0.15) is 18.2 Å². The molecule has 22 heavy (non-hydrogen) atoms. The molecule has 3 heteroatoms. The molecule has 2 aromatic rings. The third-order valence-corrected chi connectivity index (χ3v) is 3.59. The van der Waals surface area contributed by atoms with E-state index in [9.17, 15) is 4.39 Å². The van der Waals surface area contributed by atoms with Crippen LogP contribution in [0.25, 0.3) is 0 Å². The molecule has 0 aliphatic carbocycles. The van der Waals surface area contributed by atoms with Gasteiger partial charge in [-0.15, -0.1) is 0 Å². The predicted octanol–water partition coefficient (Wildman–Crippen LogP) is 4.68. The maximum atomic E-state index is 13.6. The molecule has 0 bridgehead atoms. The number of unbranched alkanes of at least 4 members (excludes halogenated alkanes) is 2. The van der Waals surface area contributed by atoms with E-state index in [0.717, 1.165) is 24.4 Å². The second kappa shape index (κ2) is 9.21. The molecule has 0 saturated carbocycles. The highest BCUT2D eigenvalue weighted by atomic mass is 19.1. The van der Waals surface area contributed by atoms with E-state index in [4.69, 9.17) is 4.74 Å². The van der Waals surface area contributed by atoms with Gasteiger partial charge in [0, 0.05) is 17.7 Å². The molecule has 0 spiro atoms. The van der Waals surface area contributed by atoms with Gasteiger partial charge < -0.3 is 10.1 Å². The van der Waals surface area contributed by atoms with E-state index < -0.39 is 0 Å². The van der Waals surface area contributed by atoms with Crippen LogP contribution in [0.15, 0.2) is 48.5 Å². The van der Waals surface area contributed by atoms with E-state index in [0.29, 0.717) is 5.56 Å². The third-order valence-electron chi connectivity index (χ3n) is 3.59. The van der Waals surface area contributed by atoms with Crippen molar-refractivity contribution in [3.63, 3.8) is 0 Å². The average molecular weight is 301 g/mol. The molecule has 0 radical (unpaired) electrons. The Hall–Kier alpha value is -1.87. The van der Waals surface area contributed by atoms with Gasteiger partial charge >= 0.3 is 0 Å². The van der Waals surface area contributed by atoms with Gasteiger partial charge in [0.05, 0.1) is 0 Å². The van der Waals surface area contributed by atoms with Gasteiger partial charge in [-0.1, -0.05) is 56.2 Å². The Labute approximate surface area is 132 Å². The Morgan fingerprint density at radius 3 is 2.45 bits per heavy atom. The van der Waals surface area contributed by atoms with Gasteiger partial charge in [0.15, 0.2) is 0 Å². The lowest BCUT2D eigenvalue weighted by atomic mass is 10.2. The summed E-state index contributed by atoms with van der Waals surface area (Å²) in [4.78, 5) is 0. The second-order valence-corrected chi connectivity index (χ2v) is 5.37. The van der Waals surface area contributed by atoms with Crippen molar-refractivity contribution in [2.75, 3.05) is 6.54 Å². The van der Waals surface area contributed by atoms with Crippen molar-refractivity contribution in [1.82, 2.24) is 5.32 Å². The molecule has 1 N–H and O–H groups in total. The van der Waals surface area contributed by atoms with Gasteiger partial charge in [-0.2, -0.15) is 0 Å². The summed E-state index contributed by atoms with van der Waals surface area (Å²) in [7, 11) is 0. The molecule has 0 unspecified atom stereocenters. The molecule has 118 valence electrons. The van der Waals surface area contributed by atoms with Crippen LogP contribution in [-0.4, -0.2) is 6.54 Å². The third kappa shape index (κ3) is 5.15. The Morgan fingerprint density at radius 2 is 1.68 bits per heavy atom. The minimum absolute atomic E-state index is 0.224. The van der Waals surface area contributed by atoms with E-state index in [2.05, 4.69) is 12.2 Å².